The lowest BCUT2D eigenvalue weighted by molar-refractivity contribution is -0.173. The summed E-state index contributed by atoms with van der Waals surface area (Å²) in [6.45, 7) is 4.38. The van der Waals surface area contributed by atoms with Gasteiger partial charge in [0.05, 0.1) is 12.7 Å². The van der Waals surface area contributed by atoms with E-state index in [-0.39, 0.29) is 6.61 Å². The molecule has 11 heavy (non-hydrogen) atoms. The molecule has 0 aromatic rings. The normalized spacial score (nSPS) is 18.6. The highest BCUT2D eigenvalue weighted by Gasteiger charge is 2.36. The number of aliphatic hydroxyl groups excluding tert-OH is 1. The lowest BCUT2D eigenvalue weighted by Gasteiger charge is -2.23. The van der Waals surface area contributed by atoms with Crippen molar-refractivity contribution in [3.05, 3.63) is 0 Å². The number of esters is 1. The SMILES string of the molecule is CCOC(=O)[C@](C)(O)[C@H](C)O. The highest BCUT2D eigenvalue weighted by molar-refractivity contribution is 5.79. The van der Waals surface area contributed by atoms with Gasteiger partial charge < -0.3 is 14.9 Å². The Morgan fingerprint density at radius 1 is 1.73 bits per heavy atom. The van der Waals surface area contributed by atoms with Crippen LogP contribution in [0.15, 0.2) is 0 Å². The zero-order valence-corrected chi connectivity index (χ0v) is 7.00. The van der Waals surface area contributed by atoms with Gasteiger partial charge in [0.25, 0.3) is 0 Å². The van der Waals surface area contributed by atoms with Crippen LogP contribution in [0, 0.1) is 0 Å². The van der Waals surface area contributed by atoms with E-state index in [2.05, 4.69) is 4.74 Å². The van der Waals surface area contributed by atoms with Gasteiger partial charge in [-0.25, -0.2) is 4.79 Å². The third kappa shape index (κ3) is 2.48. The van der Waals surface area contributed by atoms with Gasteiger partial charge in [-0.1, -0.05) is 0 Å². The Morgan fingerprint density at radius 3 is 2.45 bits per heavy atom. The molecule has 4 nitrogen and oxygen atoms in total. The number of carbonyl (C=O) groups excluding carboxylic acids is 1. The summed E-state index contributed by atoms with van der Waals surface area (Å²) < 4.78 is 4.52. The quantitative estimate of drug-likeness (QED) is 0.558. The molecule has 0 unspecified atom stereocenters. The Morgan fingerprint density at radius 2 is 2.18 bits per heavy atom. The van der Waals surface area contributed by atoms with E-state index in [0.29, 0.717) is 0 Å². The van der Waals surface area contributed by atoms with Gasteiger partial charge in [-0.3, -0.25) is 0 Å². The smallest absolute Gasteiger partial charge is 0.340 e. The second-order valence-electron chi connectivity index (χ2n) is 2.54. The van der Waals surface area contributed by atoms with E-state index in [4.69, 9.17) is 5.11 Å². The molecule has 0 rings (SSSR count). The van der Waals surface area contributed by atoms with Crippen LogP contribution >= 0.6 is 0 Å². The molecule has 4 heteroatoms. The molecule has 0 saturated heterocycles. The van der Waals surface area contributed by atoms with E-state index in [1.807, 2.05) is 0 Å². The van der Waals surface area contributed by atoms with Gasteiger partial charge in [0.15, 0.2) is 5.60 Å². The molecule has 0 fully saturated rings. The summed E-state index contributed by atoms with van der Waals surface area (Å²) in [6, 6.07) is 0. The minimum absolute atomic E-state index is 0.196. The van der Waals surface area contributed by atoms with Crippen molar-refractivity contribution in [1.29, 1.82) is 0 Å². The first-order chi connectivity index (χ1) is 4.92. The van der Waals surface area contributed by atoms with Crippen LogP contribution < -0.4 is 0 Å². The number of hydrogen-bond donors (Lipinski definition) is 2. The van der Waals surface area contributed by atoms with Crippen LogP contribution in [-0.4, -0.2) is 34.5 Å². The molecule has 0 spiro atoms. The lowest BCUT2D eigenvalue weighted by atomic mass is 10.0. The number of hydrogen-bond acceptors (Lipinski definition) is 4. The Bertz CT molecular complexity index is 139. The summed E-state index contributed by atoms with van der Waals surface area (Å²) in [5, 5.41) is 18.2. The monoisotopic (exact) mass is 162 g/mol. The molecular formula is C7H14O4. The van der Waals surface area contributed by atoms with Crippen LogP contribution in [0.5, 0.6) is 0 Å². The predicted octanol–water partition coefficient (Wildman–Crippen LogP) is -0.319. The minimum atomic E-state index is -1.80. The first-order valence-corrected chi connectivity index (χ1v) is 3.50. The van der Waals surface area contributed by atoms with Crippen molar-refractivity contribution < 1.29 is 19.7 Å². The molecule has 0 aromatic carbocycles. The van der Waals surface area contributed by atoms with Crippen LogP contribution in [0.2, 0.25) is 0 Å². The molecule has 0 amide bonds. The van der Waals surface area contributed by atoms with Crippen LogP contribution in [0.1, 0.15) is 20.8 Å². The van der Waals surface area contributed by atoms with Gasteiger partial charge in [0.1, 0.15) is 0 Å². The Kier molecular flexibility index (Phi) is 3.48. The van der Waals surface area contributed by atoms with Crippen molar-refractivity contribution in [3.63, 3.8) is 0 Å². The van der Waals surface area contributed by atoms with E-state index in [0.717, 1.165) is 0 Å². The van der Waals surface area contributed by atoms with Crippen molar-refractivity contribution in [2.24, 2.45) is 0 Å². The van der Waals surface area contributed by atoms with E-state index in [1.165, 1.54) is 13.8 Å². The third-order valence-corrected chi connectivity index (χ3v) is 1.50. The number of aliphatic hydroxyl groups is 2. The van der Waals surface area contributed by atoms with Crippen molar-refractivity contribution >= 4 is 5.97 Å². The minimum Gasteiger partial charge on any atom is -0.464 e. The highest BCUT2D eigenvalue weighted by Crippen LogP contribution is 2.11. The van der Waals surface area contributed by atoms with Crippen molar-refractivity contribution in [2.75, 3.05) is 6.61 Å². The second kappa shape index (κ2) is 3.69. The van der Waals surface area contributed by atoms with E-state index < -0.39 is 17.7 Å². The predicted molar refractivity (Wildman–Crippen MR) is 38.9 cm³/mol. The van der Waals surface area contributed by atoms with E-state index in [9.17, 15) is 9.90 Å². The molecule has 0 radical (unpaired) electrons. The lowest BCUT2D eigenvalue weighted by Crippen LogP contribution is -2.46. The Balaban J connectivity index is 4.18. The summed E-state index contributed by atoms with van der Waals surface area (Å²) in [7, 11) is 0. The van der Waals surface area contributed by atoms with Gasteiger partial charge in [-0.2, -0.15) is 0 Å². The number of carbonyl (C=O) groups is 1. The van der Waals surface area contributed by atoms with Gasteiger partial charge >= 0.3 is 5.97 Å². The zero-order chi connectivity index (χ0) is 9.07. The fourth-order valence-electron chi connectivity index (χ4n) is 0.448. The van der Waals surface area contributed by atoms with Crippen LogP contribution in [-0.2, 0) is 9.53 Å². The molecule has 2 atom stereocenters. The van der Waals surface area contributed by atoms with Gasteiger partial charge in [-0.15, -0.1) is 0 Å². The molecule has 2 N–H and O–H groups in total. The molecule has 0 aliphatic carbocycles. The molecular weight excluding hydrogens is 148 g/mol. The zero-order valence-electron chi connectivity index (χ0n) is 7.00. The Labute approximate surface area is 65.8 Å². The van der Waals surface area contributed by atoms with Crippen LogP contribution in [0.25, 0.3) is 0 Å². The summed E-state index contributed by atoms with van der Waals surface area (Å²) in [6.07, 6.45) is -1.12. The van der Waals surface area contributed by atoms with Crippen LogP contribution in [0.3, 0.4) is 0 Å². The molecule has 0 aromatic heterocycles. The largest absolute Gasteiger partial charge is 0.464 e. The average molecular weight is 162 g/mol. The summed E-state index contributed by atoms with van der Waals surface area (Å²) in [5.74, 6) is -0.796. The maximum Gasteiger partial charge on any atom is 0.340 e. The fraction of sp³-hybridized carbons (Fsp3) is 0.857. The van der Waals surface area contributed by atoms with E-state index >= 15 is 0 Å². The van der Waals surface area contributed by atoms with Crippen LogP contribution in [0.4, 0.5) is 0 Å². The second-order valence-corrected chi connectivity index (χ2v) is 2.54. The van der Waals surface area contributed by atoms with Gasteiger partial charge in [0, 0.05) is 0 Å². The third-order valence-electron chi connectivity index (χ3n) is 1.50. The summed E-state index contributed by atoms with van der Waals surface area (Å²) in [5.41, 5.74) is -1.80. The summed E-state index contributed by atoms with van der Waals surface area (Å²) >= 11 is 0. The topological polar surface area (TPSA) is 66.8 Å². The van der Waals surface area contributed by atoms with Gasteiger partial charge in [0.2, 0.25) is 0 Å². The molecule has 0 heterocycles. The maximum atomic E-state index is 10.9. The molecule has 0 bridgehead atoms. The maximum absolute atomic E-state index is 10.9. The standard InChI is InChI=1S/C7H14O4/c1-4-11-6(9)7(3,10)5(2)8/h5,8,10H,4H2,1-3H3/t5-,7+/m0/s1. The number of rotatable bonds is 3. The van der Waals surface area contributed by atoms with Gasteiger partial charge in [-0.05, 0) is 20.8 Å². The first kappa shape index (κ1) is 10.4. The molecule has 0 aliphatic heterocycles. The molecule has 0 aliphatic rings. The molecule has 0 saturated carbocycles. The fourth-order valence-corrected chi connectivity index (χ4v) is 0.448. The van der Waals surface area contributed by atoms with Crippen molar-refractivity contribution in [2.45, 2.75) is 32.5 Å². The average Bonchev–Trinajstić information content (AvgIpc) is 1.88. The Hall–Kier alpha value is -0.610. The highest BCUT2D eigenvalue weighted by atomic mass is 16.6. The van der Waals surface area contributed by atoms with E-state index in [1.54, 1.807) is 6.92 Å². The molecule has 66 valence electrons. The van der Waals surface area contributed by atoms with Crippen molar-refractivity contribution in [1.82, 2.24) is 0 Å². The first-order valence-electron chi connectivity index (χ1n) is 3.50. The van der Waals surface area contributed by atoms with Crippen molar-refractivity contribution in [3.8, 4) is 0 Å². The number of ether oxygens (including phenoxy) is 1. The summed E-state index contributed by atoms with van der Waals surface area (Å²) in [4.78, 5) is 10.9.